The molecule has 5 nitrogen and oxygen atoms in total. The van der Waals surface area contributed by atoms with Crippen molar-refractivity contribution < 1.29 is 9.59 Å². The summed E-state index contributed by atoms with van der Waals surface area (Å²) in [5.74, 6) is -0.340. The normalized spacial score (nSPS) is 19.6. The molecule has 7 heteroatoms. The molecule has 3 N–H and O–H groups in total. The number of carbonyl (C=O) groups is 2. The summed E-state index contributed by atoms with van der Waals surface area (Å²) in [6.07, 6.45) is 3.95. The number of hydrogen-bond acceptors (Lipinski definition) is 3. The Morgan fingerprint density at radius 1 is 1.23 bits per heavy atom. The third-order valence-electron chi connectivity index (χ3n) is 4.14. The molecule has 0 unspecified atom stereocenters. The molecule has 0 bridgehead atoms. The molecule has 1 aromatic rings. The molecule has 1 atom stereocenters. The lowest BCUT2D eigenvalue weighted by Crippen LogP contribution is -2.48. The van der Waals surface area contributed by atoms with Crippen molar-refractivity contribution in [2.24, 2.45) is 5.73 Å². The number of anilines is 1. The van der Waals surface area contributed by atoms with E-state index in [1.807, 2.05) is 6.07 Å². The van der Waals surface area contributed by atoms with Crippen molar-refractivity contribution in [2.45, 2.75) is 31.7 Å². The predicted molar refractivity (Wildman–Crippen MR) is 91.2 cm³/mol. The van der Waals surface area contributed by atoms with E-state index in [-0.39, 0.29) is 36.8 Å². The molecule has 0 aromatic heterocycles. The van der Waals surface area contributed by atoms with Gasteiger partial charge in [0.05, 0.1) is 6.04 Å². The summed E-state index contributed by atoms with van der Waals surface area (Å²) in [7, 11) is 0. The Morgan fingerprint density at radius 2 is 2.00 bits per heavy atom. The summed E-state index contributed by atoms with van der Waals surface area (Å²) in [5.41, 5.74) is 7.73. The van der Waals surface area contributed by atoms with Gasteiger partial charge >= 0.3 is 0 Å². The van der Waals surface area contributed by atoms with Crippen LogP contribution >= 0.6 is 24.8 Å². The molecule has 2 aliphatic rings. The lowest BCUT2D eigenvalue weighted by molar-refractivity contribution is -0.121. The Hall–Kier alpha value is -1.30. The number of amides is 2. The number of nitrogens with two attached hydrogens (primary N) is 1. The number of nitrogens with zero attached hydrogens (tertiary/aromatic N) is 1. The molecule has 22 heavy (non-hydrogen) atoms. The highest BCUT2D eigenvalue weighted by molar-refractivity contribution is 6.01. The van der Waals surface area contributed by atoms with E-state index < -0.39 is 5.91 Å². The molecule has 0 saturated carbocycles. The molecule has 2 aliphatic heterocycles. The maximum Gasteiger partial charge on any atom is 0.248 e. The number of hydrogen-bond donors (Lipinski definition) is 2. The molecule has 122 valence electrons. The second kappa shape index (κ2) is 7.81. The second-order valence-electron chi connectivity index (χ2n) is 5.45. The van der Waals surface area contributed by atoms with Crippen molar-refractivity contribution in [3.05, 3.63) is 29.3 Å². The molecular weight excluding hydrogens is 325 g/mol. The van der Waals surface area contributed by atoms with Gasteiger partial charge in [-0.1, -0.05) is 12.5 Å². The fourth-order valence-corrected chi connectivity index (χ4v) is 3.01. The first-order valence-corrected chi connectivity index (χ1v) is 7.14. The number of primary amides is 1. The average molecular weight is 346 g/mol. The molecule has 3 rings (SSSR count). The number of carbonyl (C=O) groups excluding carboxylic acids is 2. The van der Waals surface area contributed by atoms with Crippen LogP contribution in [0.5, 0.6) is 0 Å². The Kier molecular flexibility index (Phi) is 6.66. The van der Waals surface area contributed by atoms with E-state index in [4.69, 9.17) is 5.73 Å². The zero-order chi connectivity index (χ0) is 14.1. The van der Waals surface area contributed by atoms with Crippen LogP contribution in [0.2, 0.25) is 0 Å². The zero-order valence-corrected chi connectivity index (χ0v) is 13.8. The van der Waals surface area contributed by atoms with Gasteiger partial charge in [0.2, 0.25) is 11.8 Å². The summed E-state index contributed by atoms with van der Waals surface area (Å²) in [6, 6.07) is 5.28. The molecule has 2 amide bonds. The highest BCUT2D eigenvalue weighted by atomic mass is 35.5. The standard InChI is InChI=1S/C15H19N3O2.2ClH/c16-14(19)11-5-4-10-6-8-18(13(10)9-11)15(20)12-3-1-2-7-17-12;;/h4-5,9,12,17H,1-3,6-8H2,(H2,16,19);2*1H/t12-;;/m0../s1. The van der Waals surface area contributed by atoms with Crippen LogP contribution in [-0.2, 0) is 11.2 Å². The van der Waals surface area contributed by atoms with E-state index in [1.54, 1.807) is 17.0 Å². The van der Waals surface area contributed by atoms with Gasteiger partial charge in [-0.15, -0.1) is 24.8 Å². The summed E-state index contributed by atoms with van der Waals surface area (Å²) in [6.45, 7) is 1.59. The summed E-state index contributed by atoms with van der Waals surface area (Å²) in [5, 5.41) is 3.28. The second-order valence-corrected chi connectivity index (χ2v) is 5.45. The molecule has 0 aliphatic carbocycles. The minimum atomic E-state index is -0.456. The summed E-state index contributed by atoms with van der Waals surface area (Å²) in [4.78, 5) is 25.7. The van der Waals surface area contributed by atoms with E-state index in [9.17, 15) is 9.59 Å². The van der Waals surface area contributed by atoms with Gasteiger partial charge in [0.1, 0.15) is 0 Å². The van der Waals surface area contributed by atoms with Gasteiger partial charge in [-0.25, -0.2) is 0 Å². The lowest BCUT2D eigenvalue weighted by atomic mass is 10.0. The fourth-order valence-electron chi connectivity index (χ4n) is 3.01. The maximum absolute atomic E-state index is 12.6. The first kappa shape index (κ1) is 18.7. The number of benzene rings is 1. The maximum atomic E-state index is 12.6. The highest BCUT2D eigenvalue weighted by Gasteiger charge is 2.31. The Bertz CT molecular complexity index is 560. The monoisotopic (exact) mass is 345 g/mol. The van der Waals surface area contributed by atoms with Gasteiger partial charge in [-0.05, 0) is 43.5 Å². The van der Waals surface area contributed by atoms with Crippen LogP contribution in [0.15, 0.2) is 18.2 Å². The smallest absolute Gasteiger partial charge is 0.248 e. The fraction of sp³-hybridized carbons (Fsp3) is 0.467. The van der Waals surface area contributed by atoms with Gasteiger partial charge in [0, 0.05) is 17.8 Å². The number of rotatable bonds is 2. The van der Waals surface area contributed by atoms with Crippen LogP contribution in [0.4, 0.5) is 5.69 Å². The zero-order valence-electron chi connectivity index (χ0n) is 12.2. The Balaban J connectivity index is 0.00000121. The van der Waals surface area contributed by atoms with Crippen molar-refractivity contribution in [1.82, 2.24) is 5.32 Å². The Labute approximate surface area is 142 Å². The van der Waals surface area contributed by atoms with Crippen LogP contribution in [0.25, 0.3) is 0 Å². The van der Waals surface area contributed by atoms with Crippen molar-refractivity contribution in [3.8, 4) is 0 Å². The van der Waals surface area contributed by atoms with Crippen molar-refractivity contribution in [3.63, 3.8) is 0 Å². The largest absolute Gasteiger partial charge is 0.366 e. The third kappa shape index (κ3) is 3.54. The molecule has 1 aromatic carbocycles. The van der Waals surface area contributed by atoms with E-state index in [0.29, 0.717) is 12.1 Å². The van der Waals surface area contributed by atoms with E-state index >= 15 is 0 Å². The van der Waals surface area contributed by atoms with Crippen LogP contribution in [0.3, 0.4) is 0 Å². The molecular formula is C15H21Cl2N3O2. The van der Waals surface area contributed by atoms with Gasteiger partial charge in [-0.2, -0.15) is 0 Å². The lowest BCUT2D eigenvalue weighted by Gasteiger charge is -2.27. The number of halogens is 2. The quantitative estimate of drug-likeness (QED) is 0.855. The third-order valence-corrected chi connectivity index (χ3v) is 4.14. The molecule has 1 fully saturated rings. The summed E-state index contributed by atoms with van der Waals surface area (Å²) >= 11 is 0. The van der Waals surface area contributed by atoms with E-state index in [0.717, 1.165) is 43.5 Å². The SMILES string of the molecule is Cl.Cl.NC(=O)c1ccc2c(c1)N(C(=O)[C@@H]1CCCCN1)CC2. The van der Waals surface area contributed by atoms with E-state index in [1.165, 1.54) is 0 Å². The first-order chi connectivity index (χ1) is 9.66. The molecule has 0 spiro atoms. The molecule has 1 saturated heterocycles. The topological polar surface area (TPSA) is 75.4 Å². The van der Waals surface area contributed by atoms with Crippen molar-refractivity contribution in [1.29, 1.82) is 0 Å². The first-order valence-electron chi connectivity index (χ1n) is 7.14. The molecule has 2 heterocycles. The predicted octanol–water partition coefficient (Wildman–Crippen LogP) is 1.66. The minimum Gasteiger partial charge on any atom is -0.366 e. The van der Waals surface area contributed by atoms with Gasteiger partial charge in [0.25, 0.3) is 0 Å². The minimum absolute atomic E-state index is 0. The average Bonchev–Trinajstić information content (AvgIpc) is 2.90. The van der Waals surface area contributed by atoms with Crippen LogP contribution in [0.1, 0.15) is 35.2 Å². The van der Waals surface area contributed by atoms with E-state index in [2.05, 4.69) is 5.32 Å². The number of nitrogens with one attached hydrogen (secondary N) is 1. The van der Waals surface area contributed by atoms with Crippen molar-refractivity contribution in [2.75, 3.05) is 18.0 Å². The highest BCUT2D eigenvalue weighted by Crippen LogP contribution is 2.30. The summed E-state index contributed by atoms with van der Waals surface area (Å²) < 4.78 is 0. The molecule has 0 radical (unpaired) electrons. The van der Waals surface area contributed by atoms with Gasteiger partial charge in [-0.3, -0.25) is 9.59 Å². The van der Waals surface area contributed by atoms with Crippen LogP contribution < -0.4 is 16.0 Å². The Morgan fingerprint density at radius 3 is 2.64 bits per heavy atom. The van der Waals surface area contributed by atoms with Crippen LogP contribution in [0, 0.1) is 0 Å². The van der Waals surface area contributed by atoms with Crippen LogP contribution in [-0.4, -0.2) is 30.9 Å². The number of fused-ring (bicyclic) bond motifs is 1. The number of piperidine rings is 1. The van der Waals surface area contributed by atoms with Crippen molar-refractivity contribution >= 4 is 42.3 Å². The van der Waals surface area contributed by atoms with Gasteiger partial charge in [0.15, 0.2) is 0 Å². The van der Waals surface area contributed by atoms with Gasteiger partial charge < -0.3 is 16.0 Å².